The van der Waals surface area contributed by atoms with Crippen molar-refractivity contribution in [2.75, 3.05) is 18.1 Å². The number of carbonyl (C=O) groups excluding carboxylic acids is 1. The Balaban J connectivity index is 1.93. The summed E-state index contributed by atoms with van der Waals surface area (Å²) in [7, 11) is 0. The minimum Gasteiger partial charge on any atom is -0.464 e. The topological polar surface area (TPSA) is 42.4 Å². The average Bonchev–Trinajstić information content (AvgIpc) is 2.46. The number of nitrogens with zero attached hydrogens (tertiary/aromatic N) is 2. The molecule has 0 saturated carbocycles. The van der Waals surface area contributed by atoms with Crippen LogP contribution >= 0.6 is 11.8 Å². The van der Waals surface area contributed by atoms with Crippen LogP contribution < -0.4 is 4.90 Å². The van der Waals surface area contributed by atoms with Crippen molar-refractivity contribution in [2.24, 2.45) is 0 Å². The number of aromatic nitrogens is 1. The highest BCUT2D eigenvalue weighted by Crippen LogP contribution is 2.47. The van der Waals surface area contributed by atoms with Gasteiger partial charge < -0.3 is 9.64 Å². The van der Waals surface area contributed by atoms with E-state index in [1.165, 1.54) is 11.8 Å². The minimum atomic E-state index is -0.250. The summed E-state index contributed by atoms with van der Waals surface area (Å²) in [4.78, 5) is 19.6. The number of anilines is 2. The van der Waals surface area contributed by atoms with Gasteiger partial charge in [0.15, 0.2) is 0 Å². The van der Waals surface area contributed by atoms with Gasteiger partial charge in [-0.05, 0) is 18.2 Å². The lowest BCUT2D eigenvalue weighted by Crippen LogP contribution is -2.25. The highest BCUT2D eigenvalue weighted by Gasteiger charge is 2.22. The predicted octanol–water partition coefficient (Wildman–Crippen LogP) is 3.25. The van der Waals surface area contributed by atoms with E-state index in [0.717, 1.165) is 16.3 Å². The molecule has 0 spiro atoms. The molecule has 0 radical (unpaired) electrons. The monoisotopic (exact) mass is 286 g/mol. The van der Waals surface area contributed by atoms with Crippen LogP contribution in [0.15, 0.2) is 52.5 Å². The van der Waals surface area contributed by atoms with E-state index in [1.807, 2.05) is 24.4 Å². The van der Waals surface area contributed by atoms with Crippen LogP contribution in [0.1, 0.15) is 6.92 Å². The Morgan fingerprint density at radius 3 is 2.90 bits per heavy atom. The summed E-state index contributed by atoms with van der Waals surface area (Å²) >= 11 is 1.71. The second-order valence-corrected chi connectivity index (χ2v) is 5.49. The number of rotatable bonds is 3. The van der Waals surface area contributed by atoms with Gasteiger partial charge in [0.2, 0.25) is 0 Å². The number of hydrogen-bond acceptors (Lipinski definition) is 5. The van der Waals surface area contributed by atoms with Gasteiger partial charge in [0.05, 0.1) is 22.8 Å². The Kier molecular flexibility index (Phi) is 3.60. The Hall–Kier alpha value is -2.01. The van der Waals surface area contributed by atoms with Crippen molar-refractivity contribution in [3.63, 3.8) is 0 Å². The summed E-state index contributed by atoms with van der Waals surface area (Å²) in [6.45, 7) is 2.43. The fourth-order valence-electron chi connectivity index (χ4n) is 2.21. The molecule has 0 bridgehead atoms. The molecule has 1 aromatic carbocycles. The van der Waals surface area contributed by atoms with E-state index in [2.05, 4.69) is 22.0 Å². The highest BCUT2D eigenvalue weighted by molar-refractivity contribution is 7.99. The largest absolute Gasteiger partial charge is 0.464 e. The van der Waals surface area contributed by atoms with Crippen molar-refractivity contribution in [3.8, 4) is 0 Å². The van der Waals surface area contributed by atoms with Gasteiger partial charge in [-0.15, -0.1) is 0 Å². The molecule has 1 aliphatic heterocycles. The summed E-state index contributed by atoms with van der Waals surface area (Å²) in [5, 5.41) is 0. The molecule has 0 amide bonds. The number of carbonyl (C=O) groups is 1. The average molecular weight is 286 g/mol. The van der Waals surface area contributed by atoms with Gasteiger partial charge in [-0.1, -0.05) is 23.9 Å². The van der Waals surface area contributed by atoms with Crippen molar-refractivity contribution in [1.82, 2.24) is 4.98 Å². The SMILES string of the molecule is CC(=O)OCCN1c2ccccc2Sc2cnccc21. The van der Waals surface area contributed by atoms with E-state index in [1.54, 1.807) is 18.0 Å². The maximum atomic E-state index is 10.9. The fraction of sp³-hybridized carbons (Fsp3) is 0.200. The van der Waals surface area contributed by atoms with Crippen LogP contribution in [0, 0.1) is 0 Å². The van der Waals surface area contributed by atoms with Crippen LogP contribution in [0.5, 0.6) is 0 Å². The van der Waals surface area contributed by atoms with Gasteiger partial charge in [0, 0.05) is 24.2 Å². The van der Waals surface area contributed by atoms with Crippen LogP contribution in [0.3, 0.4) is 0 Å². The molecule has 2 aromatic rings. The summed E-state index contributed by atoms with van der Waals surface area (Å²) in [5.74, 6) is -0.250. The normalized spacial score (nSPS) is 12.6. The van der Waals surface area contributed by atoms with Crippen molar-refractivity contribution >= 4 is 29.1 Å². The zero-order chi connectivity index (χ0) is 13.9. The third-order valence-electron chi connectivity index (χ3n) is 3.05. The Labute approximate surface area is 121 Å². The number of ether oxygens (including phenoxy) is 1. The first kappa shape index (κ1) is 13.0. The van der Waals surface area contributed by atoms with Crippen molar-refractivity contribution in [3.05, 3.63) is 42.7 Å². The Morgan fingerprint density at radius 2 is 2.05 bits per heavy atom. The third-order valence-corrected chi connectivity index (χ3v) is 4.15. The standard InChI is InChI=1S/C15H14N2O2S/c1-11(18)19-9-8-17-12-4-2-3-5-14(12)20-15-10-16-7-6-13(15)17/h2-7,10H,8-9H2,1H3. The molecule has 0 aliphatic carbocycles. The Morgan fingerprint density at radius 1 is 1.25 bits per heavy atom. The summed E-state index contributed by atoms with van der Waals surface area (Å²) in [5.41, 5.74) is 2.25. The maximum Gasteiger partial charge on any atom is 0.302 e. The summed E-state index contributed by atoms with van der Waals surface area (Å²) in [6.07, 6.45) is 3.65. The number of benzene rings is 1. The van der Waals surface area contributed by atoms with Gasteiger partial charge in [-0.25, -0.2) is 0 Å². The fourth-order valence-corrected chi connectivity index (χ4v) is 3.27. The lowest BCUT2D eigenvalue weighted by molar-refractivity contribution is -0.140. The first-order valence-corrected chi connectivity index (χ1v) is 7.19. The molecule has 1 aliphatic rings. The first-order chi connectivity index (χ1) is 9.75. The lowest BCUT2D eigenvalue weighted by atomic mass is 10.2. The Bertz CT molecular complexity index is 600. The molecule has 0 fully saturated rings. The number of hydrogen-bond donors (Lipinski definition) is 0. The molecule has 3 rings (SSSR count). The van der Waals surface area contributed by atoms with Gasteiger partial charge in [0.1, 0.15) is 6.61 Å². The second-order valence-electron chi connectivity index (χ2n) is 4.40. The van der Waals surface area contributed by atoms with Crippen molar-refractivity contribution in [1.29, 1.82) is 0 Å². The van der Waals surface area contributed by atoms with Crippen LogP contribution in [-0.2, 0) is 9.53 Å². The van der Waals surface area contributed by atoms with Gasteiger partial charge >= 0.3 is 5.97 Å². The van der Waals surface area contributed by atoms with Crippen LogP contribution in [0.4, 0.5) is 11.4 Å². The molecule has 2 heterocycles. The third kappa shape index (κ3) is 2.49. The molecule has 102 valence electrons. The van der Waals surface area contributed by atoms with Crippen LogP contribution in [0.2, 0.25) is 0 Å². The molecular formula is C15H14N2O2S. The first-order valence-electron chi connectivity index (χ1n) is 6.37. The zero-order valence-electron chi connectivity index (χ0n) is 11.1. The van der Waals surface area contributed by atoms with E-state index < -0.39 is 0 Å². The molecule has 0 saturated heterocycles. The minimum absolute atomic E-state index is 0.250. The molecule has 0 unspecified atom stereocenters. The summed E-state index contributed by atoms with van der Waals surface area (Å²) < 4.78 is 5.07. The predicted molar refractivity (Wildman–Crippen MR) is 78.4 cm³/mol. The van der Waals surface area contributed by atoms with Crippen LogP contribution in [-0.4, -0.2) is 24.1 Å². The van der Waals surface area contributed by atoms with E-state index >= 15 is 0 Å². The van der Waals surface area contributed by atoms with Gasteiger partial charge in [0.25, 0.3) is 0 Å². The van der Waals surface area contributed by atoms with Gasteiger partial charge in [-0.2, -0.15) is 0 Å². The molecular weight excluding hydrogens is 272 g/mol. The smallest absolute Gasteiger partial charge is 0.302 e. The number of esters is 1. The summed E-state index contributed by atoms with van der Waals surface area (Å²) in [6, 6.07) is 10.2. The van der Waals surface area contributed by atoms with Gasteiger partial charge in [-0.3, -0.25) is 9.78 Å². The molecule has 4 nitrogen and oxygen atoms in total. The number of fused-ring (bicyclic) bond motifs is 2. The lowest BCUT2D eigenvalue weighted by Gasteiger charge is -2.32. The molecule has 1 aromatic heterocycles. The molecule has 20 heavy (non-hydrogen) atoms. The van der Waals surface area contributed by atoms with E-state index in [4.69, 9.17) is 4.74 Å². The zero-order valence-corrected chi connectivity index (χ0v) is 11.9. The molecule has 0 atom stereocenters. The quantitative estimate of drug-likeness (QED) is 0.810. The van der Waals surface area contributed by atoms with Crippen molar-refractivity contribution in [2.45, 2.75) is 16.7 Å². The molecule has 0 N–H and O–H groups in total. The van der Waals surface area contributed by atoms with Crippen LogP contribution in [0.25, 0.3) is 0 Å². The van der Waals surface area contributed by atoms with E-state index in [-0.39, 0.29) is 5.97 Å². The maximum absolute atomic E-state index is 10.9. The number of pyridine rings is 1. The van der Waals surface area contributed by atoms with E-state index in [9.17, 15) is 4.79 Å². The second kappa shape index (κ2) is 5.54. The number of para-hydroxylation sites is 1. The molecule has 5 heteroatoms. The van der Waals surface area contributed by atoms with Crippen molar-refractivity contribution < 1.29 is 9.53 Å². The highest BCUT2D eigenvalue weighted by atomic mass is 32.2. The van der Waals surface area contributed by atoms with E-state index in [0.29, 0.717) is 13.2 Å².